The highest BCUT2D eigenvalue weighted by atomic mass is 35.5. The number of hydrogen-bond donors (Lipinski definition) is 2. The number of fused-ring (bicyclic) bond motifs is 6. The summed E-state index contributed by atoms with van der Waals surface area (Å²) < 4.78 is 0. The van der Waals surface area contributed by atoms with E-state index in [0.29, 0.717) is 17.2 Å². The Morgan fingerprint density at radius 3 is 2.95 bits per heavy atom. The molecule has 4 heteroatoms. The maximum atomic E-state index is 5.92. The van der Waals surface area contributed by atoms with Crippen molar-refractivity contribution in [3.63, 3.8) is 0 Å². The molecule has 2 aliphatic heterocycles. The van der Waals surface area contributed by atoms with Crippen molar-refractivity contribution < 1.29 is 0 Å². The first-order valence-corrected chi connectivity index (χ1v) is 8.19. The van der Waals surface area contributed by atoms with Crippen LogP contribution in [0.4, 0.5) is 0 Å². The van der Waals surface area contributed by atoms with Crippen LogP contribution in [0.25, 0.3) is 22.0 Å². The second-order valence-electron chi connectivity index (χ2n) is 6.31. The first kappa shape index (κ1) is 12.7. The summed E-state index contributed by atoms with van der Waals surface area (Å²) in [7, 11) is 0. The van der Waals surface area contributed by atoms with E-state index in [1.165, 1.54) is 40.6 Å². The van der Waals surface area contributed by atoms with Gasteiger partial charge in [0.2, 0.25) is 0 Å². The molecule has 1 fully saturated rings. The largest absolute Gasteiger partial charge is 0.358 e. The Morgan fingerprint density at radius 2 is 2.09 bits per heavy atom. The molecule has 2 unspecified atom stereocenters. The minimum atomic E-state index is 0.515. The van der Waals surface area contributed by atoms with Crippen LogP contribution in [0.2, 0.25) is 5.15 Å². The van der Waals surface area contributed by atoms with Gasteiger partial charge in [0.05, 0.1) is 5.52 Å². The van der Waals surface area contributed by atoms with E-state index in [1.807, 2.05) is 18.3 Å². The second kappa shape index (κ2) is 4.58. The van der Waals surface area contributed by atoms with Gasteiger partial charge in [-0.15, -0.1) is 0 Å². The molecule has 3 aromatic rings. The molecule has 1 saturated heterocycles. The lowest BCUT2D eigenvalue weighted by Gasteiger charge is -2.21. The molecule has 0 aliphatic carbocycles. The molecule has 4 heterocycles. The number of pyridine rings is 1. The number of benzene rings is 1. The van der Waals surface area contributed by atoms with Gasteiger partial charge in [-0.2, -0.15) is 0 Å². The van der Waals surface area contributed by atoms with Crippen molar-refractivity contribution in [1.82, 2.24) is 15.3 Å². The molecule has 0 saturated carbocycles. The van der Waals surface area contributed by atoms with Crippen LogP contribution in [0.15, 0.2) is 36.5 Å². The summed E-state index contributed by atoms with van der Waals surface area (Å²) in [6, 6.07) is 11.6. The predicted octanol–water partition coefficient (Wildman–Crippen LogP) is 4.23. The number of hydrogen-bond acceptors (Lipinski definition) is 2. The van der Waals surface area contributed by atoms with Gasteiger partial charge in [-0.25, -0.2) is 4.98 Å². The van der Waals surface area contributed by atoms with Crippen molar-refractivity contribution in [2.45, 2.75) is 31.3 Å². The molecule has 2 bridgehead atoms. The Labute approximate surface area is 133 Å². The van der Waals surface area contributed by atoms with Gasteiger partial charge in [0.25, 0.3) is 0 Å². The molecular formula is C18H16ClN3. The lowest BCUT2D eigenvalue weighted by molar-refractivity contribution is 0.513. The van der Waals surface area contributed by atoms with E-state index in [0.717, 1.165) is 12.0 Å². The van der Waals surface area contributed by atoms with Crippen LogP contribution in [-0.4, -0.2) is 16.0 Å². The molecular weight excluding hydrogens is 294 g/mol. The highest BCUT2D eigenvalue weighted by Gasteiger charge is 2.34. The number of nitrogens with zero attached hydrogens (tertiary/aromatic N) is 1. The molecule has 2 aromatic heterocycles. The zero-order valence-corrected chi connectivity index (χ0v) is 12.8. The fourth-order valence-electron chi connectivity index (χ4n) is 4.08. The zero-order chi connectivity index (χ0) is 14.7. The molecule has 3 nitrogen and oxygen atoms in total. The summed E-state index contributed by atoms with van der Waals surface area (Å²) in [6.07, 6.45) is 5.49. The lowest BCUT2D eigenvalue weighted by atomic mass is 9.97. The predicted molar refractivity (Wildman–Crippen MR) is 89.1 cm³/mol. The Kier molecular flexibility index (Phi) is 2.64. The summed E-state index contributed by atoms with van der Waals surface area (Å²) in [4.78, 5) is 7.92. The van der Waals surface area contributed by atoms with Crippen LogP contribution < -0.4 is 5.32 Å². The van der Waals surface area contributed by atoms with Gasteiger partial charge in [0.15, 0.2) is 0 Å². The van der Waals surface area contributed by atoms with Gasteiger partial charge >= 0.3 is 0 Å². The maximum Gasteiger partial charge on any atom is 0.129 e. The molecule has 22 heavy (non-hydrogen) atoms. The standard InChI is InChI=1S/C18H16ClN3/c19-16-7-4-10(9-20-16)12-2-1-3-13-17-14-6-5-11(21-14)8-15(17)22-18(12)13/h1-4,7,9,11,14,21-22H,5-6,8H2. The molecule has 2 aliphatic rings. The molecule has 1 aromatic carbocycles. The summed E-state index contributed by atoms with van der Waals surface area (Å²) in [5, 5.41) is 5.62. The maximum absolute atomic E-state index is 5.92. The van der Waals surface area contributed by atoms with E-state index in [2.05, 4.69) is 33.5 Å². The van der Waals surface area contributed by atoms with Gasteiger partial charge in [-0.1, -0.05) is 29.8 Å². The number of aromatic amines is 1. The fraction of sp³-hybridized carbons (Fsp3) is 0.278. The highest BCUT2D eigenvalue weighted by molar-refractivity contribution is 6.29. The van der Waals surface area contributed by atoms with Crippen LogP contribution in [0.1, 0.15) is 30.1 Å². The van der Waals surface area contributed by atoms with Gasteiger partial charge in [0, 0.05) is 46.9 Å². The van der Waals surface area contributed by atoms with Crippen molar-refractivity contribution in [3.05, 3.63) is 52.9 Å². The van der Waals surface area contributed by atoms with Crippen molar-refractivity contribution in [3.8, 4) is 11.1 Å². The van der Waals surface area contributed by atoms with E-state index >= 15 is 0 Å². The first-order valence-electron chi connectivity index (χ1n) is 7.81. The minimum Gasteiger partial charge on any atom is -0.358 e. The molecule has 0 radical (unpaired) electrons. The molecule has 0 amide bonds. The van der Waals surface area contributed by atoms with Gasteiger partial charge in [-0.3, -0.25) is 0 Å². The second-order valence-corrected chi connectivity index (χ2v) is 6.70. The molecule has 110 valence electrons. The van der Waals surface area contributed by atoms with Crippen molar-refractivity contribution >= 4 is 22.5 Å². The van der Waals surface area contributed by atoms with Crippen LogP contribution >= 0.6 is 11.6 Å². The molecule has 2 N–H and O–H groups in total. The van der Waals surface area contributed by atoms with E-state index in [9.17, 15) is 0 Å². The van der Waals surface area contributed by atoms with E-state index < -0.39 is 0 Å². The average molecular weight is 310 g/mol. The normalized spacial score (nSPS) is 23.0. The van der Waals surface area contributed by atoms with E-state index in [-0.39, 0.29) is 0 Å². The van der Waals surface area contributed by atoms with Crippen LogP contribution in [-0.2, 0) is 6.42 Å². The van der Waals surface area contributed by atoms with Crippen LogP contribution in [0.3, 0.4) is 0 Å². The first-order chi connectivity index (χ1) is 10.8. The fourth-order valence-corrected chi connectivity index (χ4v) is 4.19. The Balaban J connectivity index is 1.75. The third-order valence-electron chi connectivity index (χ3n) is 5.03. The van der Waals surface area contributed by atoms with Gasteiger partial charge in [-0.05, 0) is 30.5 Å². The summed E-state index contributed by atoms with van der Waals surface area (Å²) in [5.41, 5.74) is 6.42. The third kappa shape index (κ3) is 1.76. The van der Waals surface area contributed by atoms with Gasteiger partial charge in [0.1, 0.15) is 5.15 Å². The van der Waals surface area contributed by atoms with E-state index in [1.54, 1.807) is 0 Å². The SMILES string of the molecule is Clc1ccc(-c2cccc3c4c([nH]c23)CC2CCC4N2)cn1. The van der Waals surface area contributed by atoms with Crippen LogP contribution in [0.5, 0.6) is 0 Å². The zero-order valence-electron chi connectivity index (χ0n) is 12.1. The summed E-state index contributed by atoms with van der Waals surface area (Å²) in [5.74, 6) is 0. The van der Waals surface area contributed by atoms with Crippen molar-refractivity contribution in [2.24, 2.45) is 0 Å². The summed E-state index contributed by atoms with van der Waals surface area (Å²) in [6.45, 7) is 0. The Hall–Kier alpha value is -1.84. The number of H-pyrrole nitrogens is 1. The Morgan fingerprint density at radius 1 is 1.14 bits per heavy atom. The number of para-hydroxylation sites is 1. The van der Waals surface area contributed by atoms with Gasteiger partial charge < -0.3 is 10.3 Å². The van der Waals surface area contributed by atoms with Crippen LogP contribution in [0, 0.1) is 0 Å². The molecule has 2 atom stereocenters. The van der Waals surface area contributed by atoms with E-state index in [4.69, 9.17) is 11.6 Å². The topological polar surface area (TPSA) is 40.7 Å². The average Bonchev–Trinajstić information content (AvgIpc) is 3.09. The highest BCUT2D eigenvalue weighted by Crippen LogP contribution is 2.42. The number of rotatable bonds is 1. The van der Waals surface area contributed by atoms with Crippen molar-refractivity contribution in [2.75, 3.05) is 0 Å². The number of aromatic nitrogens is 2. The monoisotopic (exact) mass is 309 g/mol. The Bertz CT molecular complexity index is 866. The quantitative estimate of drug-likeness (QED) is 0.660. The van der Waals surface area contributed by atoms with Crippen molar-refractivity contribution in [1.29, 1.82) is 0 Å². The minimum absolute atomic E-state index is 0.515. The smallest absolute Gasteiger partial charge is 0.129 e. The number of nitrogens with one attached hydrogen (secondary N) is 2. The number of halogens is 1. The lowest BCUT2D eigenvalue weighted by Crippen LogP contribution is -2.31. The third-order valence-corrected chi connectivity index (χ3v) is 5.26. The molecule has 5 rings (SSSR count). The molecule has 0 spiro atoms. The summed E-state index contributed by atoms with van der Waals surface area (Å²) >= 11 is 5.92.